The Morgan fingerprint density at radius 1 is 0.351 bits per heavy atom. The molecule has 0 bridgehead atoms. The molecule has 0 unspecified atom stereocenters. The summed E-state index contributed by atoms with van der Waals surface area (Å²) in [5.41, 5.74) is 15.5. The Kier molecular flexibility index (Phi) is 6.86. The van der Waals surface area contributed by atoms with Crippen molar-refractivity contribution in [1.29, 1.82) is 0 Å². The van der Waals surface area contributed by atoms with Crippen molar-refractivity contribution in [1.82, 2.24) is 19.1 Å². The van der Waals surface area contributed by atoms with Gasteiger partial charge in [-0.15, -0.1) is 0 Å². The summed E-state index contributed by atoms with van der Waals surface area (Å²) < 4.78 is 11.3. The molecule has 12 aromatic rings. The van der Waals surface area contributed by atoms with Gasteiger partial charge in [-0.1, -0.05) is 121 Å². The third-order valence-corrected chi connectivity index (χ3v) is 11.4. The molecule has 4 aromatic heterocycles. The van der Waals surface area contributed by atoms with Gasteiger partial charge in [0.05, 0.1) is 22.1 Å². The molecule has 8 aromatic carbocycles. The van der Waals surface area contributed by atoms with E-state index in [1.54, 1.807) is 6.33 Å². The van der Waals surface area contributed by atoms with E-state index < -0.39 is 0 Å². The minimum absolute atomic E-state index is 0.684. The van der Waals surface area contributed by atoms with Crippen molar-refractivity contribution in [3.63, 3.8) is 0 Å². The topological polar surface area (TPSA) is 48.8 Å². The maximum absolute atomic E-state index is 6.52. The largest absolute Gasteiger partial charge is 0.452 e. The van der Waals surface area contributed by atoms with Gasteiger partial charge < -0.3 is 13.6 Å². The van der Waals surface area contributed by atoms with Gasteiger partial charge in [-0.25, -0.2) is 9.97 Å². The second-order valence-electron chi connectivity index (χ2n) is 14.6. The zero-order valence-corrected chi connectivity index (χ0v) is 30.7. The highest BCUT2D eigenvalue weighted by Crippen LogP contribution is 2.40. The fourth-order valence-electron chi connectivity index (χ4n) is 8.82. The van der Waals surface area contributed by atoms with Gasteiger partial charge in [-0.2, -0.15) is 0 Å². The molecule has 0 radical (unpaired) electrons. The first-order valence-corrected chi connectivity index (χ1v) is 19.2. The van der Waals surface area contributed by atoms with E-state index >= 15 is 0 Å². The summed E-state index contributed by atoms with van der Waals surface area (Å²) in [6.07, 6.45) is 1.65. The summed E-state index contributed by atoms with van der Waals surface area (Å²) in [6.45, 7) is 0. The lowest BCUT2D eigenvalue weighted by Gasteiger charge is -2.11. The van der Waals surface area contributed by atoms with E-state index in [1.807, 2.05) is 12.1 Å². The molecule has 0 atom stereocenters. The van der Waals surface area contributed by atoms with Gasteiger partial charge in [0.15, 0.2) is 5.58 Å². The van der Waals surface area contributed by atoms with Gasteiger partial charge in [0, 0.05) is 43.9 Å². The highest BCUT2D eigenvalue weighted by Gasteiger charge is 2.19. The first-order valence-electron chi connectivity index (χ1n) is 19.2. The van der Waals surface area contributed by atoms with Crippen LogP contribution in [0.1, 0.15) is 0 Å². The Morgan fingerprint density at radius 3 is 1.75 bits per heavy atom. The Balaban J connectivity index is 1.01. The molecule has 0 saturated heterocycles. The molecule has 266 valence electrons. The molecule has 0 fully saturated rings. The van der Waals surface area contributed by atoms with Gasteiger partial charge in [0.2, 0.25) is 0 Å². The monoisotopic (exact) mass is 728 g/mol. The van der Waals surface area contributed by atoms with Crippen LogP contribution in [-0.4, -0.2) is 19.1 Å². The van der Waals surface area contributed by atoms with Crippen LogP contribution in [0.2, 0.25) is 0 Å². The minimum atomic E-state index is 0.684. The van der Waals surface area contributed by atoms with Crippen LogP contribution in [0.3, 0.4) is 0 Å². The number of rotatable bonds is 5. The van der Waals surface area contributed by atoms with Crippen molar-refractivity contribution >= 4 is 65.7 Å². The van der Waals surface area contributed by atoms with Gasteiger partial charge in [-0.3, -0.25) is 0 Å². The minimum Gasteiger partial charge on any atom is -0.452 e. The van der Waals surface area contributed by atoms with Crippen LogP contribution in [0.5, 0.6) is 0 Å². The van der Waals surface area contributed by atoms with Crippen LogP contribution in [0.15, 0.2) is 199 Å². The van der Waals surface area contributed by atoms with E-state index in [4.69, 9.17) is 14.4 Å². The number of benzene rings is 8. The maximum Gasteiger partial charge on any atom is 0.180 e. The predicted molar refractivity (Wildman–Crippen MR) is 234 cm³/mol. The Hall–Kier alpha value is -7.76. The molecule has 5 heteroatoms. The number of fused-ring (bicyclic) bond motifs is 9. The van der Waals surface area contributed by atoms with Gasteiger partial charge in [-0.05, 0) is 89.0 Å². The van der Waals surface area contributed by atoms with Crippen molar-refractivity contribution in [2.24, 2.45) is 0 Å². The lowest BCUT2D eigenvalue weighted by molar-refractivity contribution is 0.667. The molecule has 57 heavy (non-hydrogen) atoms. The van der Waals surface area contributed by atoms with Crippen molar-refractivity contribution in [3.05, 3.63) is 194 Å². The van der Waals surface area contributed by atoms with Crippen molar-refractivity contribution in [2.75, 3.05) is 0 Å². The van der Waals surface area contributed by atoms with Crippen molar-refractivity contribution < 1.29 is 4.42 Å². The first kappa shape index (κ1) is 31.6. The van der Waals surface area contributed by atoms with E-state index in [9.17, 15) is 0 Å². The predicted octanol–water partition coefficient (Wildman–Crippen LogP) is 13.6. The molecule has 12 rings (SSSR count). The van der Waals surface area contributed by atoms with Gasteiger partial charge in [0.1, 0.15) is 23.1 Å². The molecule has 0 saturated carbocycles. The molecular formula is C52H32N4O. The molecule has 4 heterocycles. The fourth-order valence-corrected chi connectivity index (χ4v) is 8.82. The highest BCUT2D eigenvalue weighted by atomic mass is 16.3. The summed E-state index contributed by atoms with van der Waals surface area (Å²) in [7, 11) is 0. The maximum atomic E-state index is 6.52. The van der Waals surface area contributed by atoms with Crippen LogP contribution in [-0.2, 0) is 0 Å². The van der Waals surface area contributed by atoms with Crippen LogP contribution < -0.4 is 0 Å². The van der Waals surface area contributed by atoms with E-state index in [-0.39, 0.29) is 0 Å². The van der Waals surface area contributed by atoms with E-state index in [2.05, 4.69) is 185 Å². The van der Waals surface area contributed by atoms with Crippen LogP contribution >= 0.6 is 0 Å². The summed E-state index contributed by atoms with van der Waals surface area (Å²) >= 11 is 0. The lowest BCUT2D eigenvalue weighted by Crippen LogP contribution is -1.95. The smallest absolute Gasteiger partial charge is 0.180 e. The molecule has 0 amide bonds. The molecule has 5 nitrogen and oxygen atoms in total. The second-order valence-corrected chi connectivity index (χ2v) is 14.6. The molecule has 0 aliphatic heterocycles. The van der Waals surface area contributed by atoms with Gasteiger partial charge in [0.25, 0.3) is 0 Å². The third kappa shape index (κ3) is 4.89. The highest BCUT2D eigenvalue weighted by molar-refractivity contribution is 6.13. The Bertz CT molecular complexity index is 3520. The first-order chi connectivity index (χ1) is 28.3. The molecule has 0 aliphatic carbocycles. The number of para-hydroxylation sites is 3. The number of aromatic nitrogens is 4. The van der Waals surface area contributed by atoms with Crippen LogP contribution in [0, 0.1) is 0 Å². The lowest BCUT2D eigenvalue weighted by atomic mass is 10.0. The molecular weight excluding hydrogens is 697 g/mol. The third-order valence-electron chi connectivity index (χ3n) is 11.4. The molecule has 0 N–H and O–H groups in total. The standard InChI is InChI=1S/C52H32N4O/c1-3-12-33(13-4-1)34-24-27-49-44(30-34)51-52(57-49)50(53-32-54-51)37-14-11-17-39(28-37)56-45-20-9-7-18-40(45)42-25-22-36(31-48(42)56)35-23-26-47-43(29-35)41-19-8-10-21-46(41)55(47)38-15-5-2-6-16-38/h1-32H. The average Bonchev–Trinajstić information content (AvgIpc) is 3.94. The van der Waals surface area contributed by atoms with Crippen LogP contribution in [0.4, 0.5) is 0 Å². The Morgan fingerprint density at radius 2 is 0.930 bits per heavy atom. The van der Waals surface area contributed by atoms with E-state index in [0.29, 0.717) is 5.58 Å². The average molecular weight is 729 g/mol. The van der Waals surface area contributed by atoms with Crippen molar-refractivity contribution in [3.8, 4) is 44.9 Å². The fraction of sp³-hybridized carbons (Fsp3) is 0. The zero-order chi connectivity index (χ0) is 37.5. The summed E-state index contributed by atoms with van der Waals surface area (Å²) in [6, 6.07) is 67.0. The second kappa shape index (κ2) is 12.4. The summed E-state index contributed by atoms with van der Waals surface area (Å²) in [5, 5.41) is 5.87. The zero-order valence-electron chi connectivity index (χ0n) is 30.7. The number of furan rings is 1. The summed E-state index contributed by atoms with van der Waals surface area (Å²) in [5.74, 6) is 0. The normalized spacial score (nSPS) is 11.9. The van der Waals surface area contributed by atoms with Crippen molar-refractivity contribution in [2.45, 2.75) is 0 Å². The van der Waals surface area contributed by atoms with E-state index in [0.717, 1.165) is 66.8 Å². The van der Waals surface area contributed by atoms with Crippen LogP contribution in [0.25, 0.3) is 111 Å². The Labute approximate surface area is 327 Å². The molecule has 0 spiro atoms. The molecule has 0 aliphatic rings. The number of hydrogen-bond donors (Lipinski definition) is 0. The number of nitrogens with zero attached hydrogens (tertiary/aromatic N) is 4. The quantitative estimate of drug-likeness (QED) is 0.177. The SMILES string of the molecule is c1ccc(-c2ccc3oc4c(-c5cccc(-n6c7ccccc7c7ccc(-c8ccc9c(c8)c8ccccc8n9-c8ccccc8)cc76)c5)ncnc4c3c2)cc1. The summed E-state index contributed by atoms with van der Waals surface area (Å²) in [4.78, 5) is 9.53. The van der Waals surface area contributed by atoms with E-state index in [1.165, 1.54) is 38.1 Å². The van der Waals surface area contributed by atoms with Gasteiger partial charge >= 0.3 is 0 Å². The number of hydrogen-bond acceptors (Lipinski definition) is 3.